The topological polar surface area (TPSA) is 64.1 Å². The average molecular weight is 485 g/mol. The summed E-state index contributed by atoms with van der Waals surface area (Å²) in [6, 6.07) is 13.9. The van der Waals surface area contributed by atoms with E-state index in [0.29, 0.717) is 12.3 Å². The molecule has 2 aromatic carbocycles. The molecule has 0 unspecified atom stereocenters. The van der Waals surface area contributed by atoms with Gasteiger partial charge in [0.2, 0.25) is 0 Å². The molecular weight excluding hydrogens is 457 g/mol. The van der Waals surface area contributed by atoms with E-state index in [-0.39, 0.29) is 24.0 Å². The number of hydrogen-bond acceptors (Lipinski definition) is 4. The Morgan fingerprint density at radius 2 is 1.67 bits per heavy atom. The quantitative estimate of drug-likeness (QED) is 0.342. The maximum Gasteiger partial charge on any atom is 0.191 e. The molecule has 0 spiro atoms. The van der Waals surface area contributed by atoms with Gasteiger partial charge >= 0.3 is 0 Å². The first-order valence-corrected chi connectivity index (χ1v) is 8.49. The van der Waals surface area contributed by atoms with E-state index < -0.39 is 0 Å². The number of nitrogens with one attached hydrogen (secondary N) is 2. The van der Waals surface area contributed by atoms with E-state index in [9.17, 15) is 0 Å². The van der Waals surface area contributed by atoms with Crippen LogP contribution in [0, 0.1) is 0 Å². The number of benzene rings is 2. The van der Waals surface area contributed by atoms with E-state index in [1.165, 1.54) is 5.56 Å². The normalized spacial score (nSPS) is 10.6. The van der Waals surface area contributed by atoms with Crippen LogP contribution in [0.3, 0.4) is 0 Å². The van der Waals surface area contributed by atoms with Crippen molar-refractivity contribution in [3.05, 3.63) is 53.6 Å². The van der Waals surface area contributed by atoms with Crippen molar-refractivity contribution in [3.63, 3.8) is 0 Å². The molecule has 0 saturated heterocycles. The Labute approximate surface area is 178 Å². The van der Waals surface area contributed by atoms with Gasteiger partial charge in [0.15, 0.2) is 17.5 Å². The summed E-state index contributed by atoms with van der Waals surface area (Å²) in [4.78, 5) is 4.26. The van der Waals surface area contributed by atoms with Gasteiger partial charge in [-0.3, -0.25) is 4.99 Å². The van der Waals surface area contributed by atoms with Gasteiger partial charge < -0.3 is 24.8 Å². The second-order valence-corrected chi connectivity index (χ2v) is 5.60. The zero-order valence-corrected chi connectivity index (χ0v) is 18.6. The molecule has 148 valence electrons. The Kier molecular flexibility index (Phi) is 10.4. The molecular formula is C20H28IN3O3. The van der Waals surface area contributed by atoms with Crippen LogP contribution in [0.5, 0.6) is 17.2 Å². The van der Waals surface area contributed by atoms with Crippen molar-refractivity contribution in [2.24, 2.45) is 4.99 Å². The second kappa shape index (κ2) is 12.3. The number of hydrogen-bond donors (Lipinski definition) is 2. The molecule has 7 heteroatoms. The molecule has 2 N–H and O–H groups in total. The lowest BCUT2D eigenvalue weighted by Gasteiger charge is -2.15. The predicted octanol–water partition coefficient (Wildman–Crippen LogP) is 3.24. The molecule has 0 aliphatic heterocycles. The maximum absolute atomic E-state index is 5.46. The van der Waals surface area contributed by atoms with Crippen molar-refractivity contribution in [1.29, 1.82) is 0 Å². The zero-order valence-electron chi connectivity index (χ0n) is 16.2. The molecule has 0 saturated carbocycles. The molecule has 0 amide bonds. The summed E-state index contributed by atoms with van der Waals surface area (Å²) in [5.41, 5.74) is 2.24. The third-order valence-electron chi connectivity index (χ3n) is 4.02. The van der Waals surface area contributed by atoms with Gasteiger partial charge in [0.25, 0.3) is 0 Å². The summed E-state index contributed by atoms with van der Waals surface area (Å²) < 4.78 is 16.0. The van der Waals surface area contributed by atoms with Crippen LogP contribution in [0.2, 0.25) is 0 Å². The number of methoxy groups -OCH3 is 3. The molecule has 0 atom stereocenters. The molecule has 0 aromatic heterocycles. The Morgan fingerprint density at radius 1 is 0.926 bits per heavy atom. The van der Waals surface area contributed by atoms with E-state index in [1.807, 2.05) is 30.3 Å². The molecule has 0 aliphatic rings. The zero-order chi connectivity index (χ0) is 18.8. The largest absolute Gasteiger partial charge is 0.497 e. The monoisotopic (exact) mass is 485 g/mol. The summed E-state index contributed by atoms with van der Waals surface area (Å²) >= 11 is 0. The number of halogens is 1. The molecule has 0 aliphatic carbocycles. The molecule has 0 heterocycles. The highest BCUT2D eigenvalue weighted by Crippen LogP contribution is 2.30. The molecule has 2 rings (SSSR count). The minimum atomic E-state index is 0. The third kappa shape index (κ3) is 6.82. The summed E-state index contributed by atoms with van der Waals surface area (Å²) in [6.45, 7) is 1.36. The van der Waals surface area contributed by atoms with Crippen LogP contribution in [-0.2, 0) is 13.0 Å². The molecule has 2 aromatic rings. The number of ether oxygens (including phenoxy) is 3. The molecule has 27 heavy (non-hydrogen) atoms. The highest BCUT2D eigenvalue weighted by molar-refractivity contribution is 14.0. The highest BCUT2D eigenvalue weighted by Gasteiger charge is 2.09. The van der Waals surface area contributed by atoms with Crippen LogP contribution < -0.4 is 24.8 Å². The number of para-hydroxylation sites is 1. The van der Waals surface area contributed by atoms with Crippen molar-refractivity contribution >= 4 is 29.9 Å². The van der Waals surface area contributed by atoms with Gasteiger partial charge in [-0.15, -0.1) is 24.0 Å². The average Bonchev–Trinajstić information content (AvgIpc) is 2.70. The molecule has 0 fully saturated rings. The second-order valence-electron chi connectivity index (χ2n) is 5.60. The fraction of sp³-hybridized carbons (Fsp3) is 0.350. The number of nitrogens with zero attached hydrogens (tertiary/aromatic N) is 1. The summed E-state index contributed by atoms with van der Waals surface area (Å²) in [5.74, 6) is 3.06. The van der Waals surface area contributed by atoms with Crippen molar-refractivity contribution in [1.82, 2.24) is 10.6 Å². The first kappa shape index (κ1) is 22.9. The van der Waals surface area contributed by atoms with Gasteiger partial charge in [-0.1, -0.05) is 24.3 Å². The van der Waals surface area contributed by atoms with Gasteiger partial charge in [-0.25, -0.2) is 0 Å². The van der Waals surface area contributed by atoms with Gasteiger partial charge in [0.1, 0.15) is 5.75 Å². The van der Waals surface area contributed by atoms with Crippen molar-refractivity contribution in [2.75, 3.05) is 34.9 Å². The van der Waals surface area contributed by atoms with Crippen molar-refractivity contribution in [2.45, 2.75) is 13.0 Å². The first-order valence-electron chi connectivity index (χ1n) is 8.49. The van der Waals surface area contributed by atoms with Gasteiger partial charge in [-0.2, -0.15) is 0 Å². The van der Waals surface area contributed by atoms with E-state index in [1.54, 1.807) is 28.4 Å². The number of rotatable bonds is 8. The van der Waals surface area contributed by atoms with E-state index in [2.05, 4.69) is 27.8 Å². The minimum Gasteiger partial charge on any atom is -0.497 e. The van der Waals surface area contributed by atoms with E-state index in [0.717, 1.165) is 36.0 Å². The van der Waals surface area contributed by atoms with E-state index in [4.69, 9.17) is 14.2 Å². The van der Waals surface area contributed by atoms with Crippen molar-refractivity contribution in [3.8, 4) is 17.2 Å². The molecule has 6 nitrogen and oxygen atoms in total. The molecule has 0 radical (unpaired) electrons. The summed E-state index contributed by atoms with van der Waals surface area (Å²) in [5, 5.41) is 6.62. The smallest absolute Gasteiger partial charge is 0.191 e. The fourth-order valence-electron chi connectivity index (χ4n) is 2.61. The van der Waals surface area contributed by atoms with Gasteiger partial charge in [-0.05, 0) is 30.2 Å². The lowest BCUT2D eigenvalue weighted by molar-refractivity contribution is 0.351. The predicted molar refractivity (Wildman–Crippen MR) is 120 cm³/mol. The van der Waals surface area contributed by atoms with Gasteiger partial charge in [0, 0.05) is 25.7 Å². The summed E-state index contributed by atoms with van der Waals surface area (Å²) in [6.07, 6.45) is 0.896. The fourth-order valence-corrected chi connectivity index (χ4v) is 2.61. The maximum atomic E-state index is 5.46. The van der Waals surface area contributed by atoms with E-state index >= 15 is 0 Å². The Morgan fingerprint density at radius 3 is 2.26 bits per heavy atom. The lowest BCUT2D eigenvalue weighted by Crippen LogP contribution is -2.37. The Balaban J connectivity index is 0.00000364. The van der Waals surface area contributed by atoms with Crippen LogP contribution in [0.15, 0.2) is 47.5 Å². The highest BCUT2D eigenvalue weighted by atomic mass is 127. The number of aliphatic imine (C=N–C) groups is 1. The lowest BCUT2D eigenvalue weighted by atomic mass is 10.1. The van der Waals surface area contributed by atoms with Crippen LogP contribution in [0.25, 0.3) is 0 Å². The van der Waals surface area contributed by atoms with Gasteiger partial charge in [0.05, 0.1) is 21.3 Å². The molecule has 0 bridgehead atoms. The summed E-state index contributed by atoms with van der Waals surface area (Å²) in [7, 11) is 6.70. The third-order valence-corrected chi connectivity index (χ3v) is 4.02. The van der Waals surface area contributed by atoms with Crippen molar-refractivity contribution < 1.29 is 14.2 Å². The van der Waals surface area contributed by atoms with Crippen LogP contribution in [0.4, 0.5) is 0 Å². The Hall–Kier alpha value is -2.16. The number of guanidine groups is 1. The van der Waals surface area contributed by atoms with Crippen LogP contribution in [0.1, 0.15) is 11.1 Å². The van der Waals surface area contributed by atoms with Crippen LogP contribution >= 0.6 is 24.0 Å². The Bertz CT molecular complexity index is 721. The van der Waals surface area contributed by atoms with Crippen LogP contribution in [-0.4, -0.2) is 40.9 Å². The standard InChI is InChI=1S/C20H27N3O3.HI/c1-21-20(22-13-12-15-8-10-17(24-2)11-9-15)23-14-16-6-5-7-18(25-3)19(16)26-4;/h5-11H,12-14H2,1-4H3,(H2,21,22,23);1H. The first-order chi connectivity index (χ1) is 12.7. The SMILES string of the molecule is CN=C(NCCc1ccc(OC)cc1)NCc1cccc(OC)c1OC.I. The minimum absolute atomic E-state index is 0.